The molecule has 134 valence electrons. The van der Waals surface area contributed by atoms with Crippen molar-refractivity contribution in [3.63, 3.8) is 0 Å². The van der Waals surface area contributed by atoms with Crippen molar-refractivity contribution in [2.45, 2.75) is 24.6 Å². The third-order valence-corrected chi connectivity index (χ3v) is 6.41. The molecule has 1 fully saturated rings. The minimum absolute atomic E-state index is 0.671. The summed E-state index contributed by atoms with van der Waals surface area (Å²) in [6.45, 7) is 1.64. The van der Waals surface area contributed by atoms with Crippen molar-refractivity contribution in [1.29, 1.82) is 0 Å². The first kappa shape index (κ1) is 18.1. The highest BCUT2D eigenvalue weighted by Gasteiger charge is 2.15. The molecule has 1 aromatic carbocycles. The Kier molecular flexibility index (Phi) is 6.58. The summed E-state index contributed by atoms with van der Waals surface area (Å²) >= 11 is 3.70. The van der Waals surface area contributed by atoms with Crippen LogP contribution in [0.15, 0.2) is 34.6 Å². The summed E-state index contributed by atoms with van der Waals surface area (Å²) in [5.74, 6) is 2.98. The van der Waals surface area contributed by atoms with Gasteiger partial charge in [0.25, 0.3) is 0 Å². The number of guanidine groups is 1. The average molecular weight is 377 g/mol. The SMILES string of the molecule is CN=C(NCc1csc(-c2ccc(OC)cc2)n1)NCC1CCCS1. The van der Waals surface area contributed by atoms with Gasteiger partial charge in [-0.3, -0.25) is 4.99 Å². The number of benzene rings is 1. The van der Waals surface area contributed by atoms with Crippen LogP contribution < -0.4 is 15.4 Å². The molecule has 1 aliphatic heterocycles. The third-order valence-electron chi connectivity index (χ3n) is 4.07. The second-order valence-corrected chi connectivity index (χ2v) is 8.08. The average Bonchev–Trinajstić information content (AvgIpc) is 3.34. The van der Waals surface area contributed by atoms with Crippen LogP contribution in [0.5, 0.6) is 5.75 Å². The Morgan fingerprint density at radius 1 is 1.32 bits per heavy atom. The fourth-order valence-electron chi connectivity index (χ4n) is 2.67. The summed E-state index contributed by atoms with van der Waals surface area (Å²) < 4.78 is 5.20. The molecule has 1 saturated heterocycles. The molecule has 3 rings (SSSR count). The minimum atomic E-state index is 0.671. The van der Waals surface area contributed by atoms with Gasteiger partial charge in [0, 0.05) is 29.8 Å². The minimum Gasteiger partial charge on any atom is -0.497 e. The topological polar surface area (TPSA) is 58.5 Å². The zero-order valence-electron chi connectivity index (χ0n) is 14.6. The number of thiazole rings is 1. The number of thioether (sulfide) groups is 1. The van der Waals surface area contributed by atoms with E-state index in [-0.39, 0.29) is 0 Å². The lowest BCUT2D eigenvalue weighted by molar-refractivity contribution is 0.415. The fraction of sp³-hybridized carbons (Fsp3) is 0.444. The number of nitrogens with one attached hydrogen (secondary N) is 2. The number of methoxy groups -OCH3 is 1. The van der Waals surface area contributed by atoms with E-state index < -0.39 is 0 Å². The summed E-state index contributed by atoms with van der Waals surface area (Å²) in [6.07, 6.45) is 2.63. The number of aromatic nitrogens is 1. The van der Waals surface area contributed by atoms with E-state index in [0.717, 1.165) is 34.5 Å². The van der Waals surface area contributed by atoms with Crippen LogP contribution in [-0.4, -0.2) is 42.6 Å². The van der Waals surface area contributed by atoms with E-state index in [9.17, 15) is 0 Å². The molecule has 25 heavy (non-hydrogen) atoms. The predicted molar refractivity (Wildman–Crippen MR) is 108 cm³/mol. The maximum absolute atomic E-state index is 5.20. The van der Waals surface area contributed by atoms with E-state index in [1.807, 2.05) is 36.0 Å². The molecular formula is C18H24N4OS2. The smallest absolute Gasteiger partial charge is 0.191 e. The molecule has 5 nitrogen and oxygen atoms in total. The van der Waals surface area contributed by atoms with Gasteiger partial charge in [-0.2, -0.15) is 11.8 Å². The molecule has 0 radical (unpaired) electrons. The van der Waals surface area contributed by atoms with Crippen molar-refractivity contribution in [3.05, 3.63) is 35.3 Å². The van der Waals surface area contributed by atoms with E-state index in [1.54, 1.807) is 25.5 Å². The Morgan fingerprint density at radius 2 is 2.16 bits per heavy atom. The van der Waals surface area contributed by atoms with Crippen LogP contribution >= 0.6 is 23.1 Å². The molecule has 0 saturated carbocycles. The Hall–Kier alpha value is -1.73. The fourth-order valence-corrected chi connectivity index (χ4v) is 4.69. The molecule has 1 aromatic heterocycles. The Morgan fingerprint density at radius 3 is 2.84 bits per heavy atom. The monoisotopic (exact) mass is 376 g/mol. The maximum Gasteiger partial charge on any atom is 0.191 e. The van der Waals surface area contributed by atoms with Crippen molar-refractivity contribution >= 4 is 29.1 Å². The summed E-state index contributed by atoms with van der Waals surface area (Å²) in [7, 11) is 3.48. The highest BCUT2D eigenvalue weighted by molar-refractivity contribution is 8.00. The molecule has 1 unspecified atom stereocenters. The van der Waals surface area contributed by atoms with Gasteiger partial charge in [0.05, 0.1) is 19.3 Å². The van der Waals surface area contributed by atoms with Crippen LogP contribution in [0.4, 0.5) is 0 Å². The number of hydrogen-bond acceptors (Lipinski definition) is 5. The summed E-state index contributed by atoms with van der Waals surface area (Å²) in [5.41, 5.74) is 2.13. The van der Waals surface area contributed by atoms with E-state index in [1.165, 1.54) is 18.6 Å². The van der Waals surface area contributed by atoms with Crippen LogP contribution in [0, 0.1) is 0 Å². The lowest BCUT2D eigenvalue weighted by Gasteiger charge is -2.14. The van der Waals surface area contributed by atoms with Crippen LogP contribution in [-0.2, 0) is 6.54 Å². The van der Waals surface area contributed by atoms with Crippen LogP contribution in [0.2, 0.25) is 0 Å². The number of ether oxygens (including phenoxy) is 1. The zero-order chi connectivity index (χ0) is 17.5. The summed E-state index contributed by atoms with van der Waals surface area (Å²) in [5, 5.41) is 10.6. The molecular weight excluding hydrogens is 352 g/mol. The Labute approximate surface area is 157 Å². The van der Waals surface area contributed by atoms with Crippen molar-refractivity contribution in [3.8, 4) is 16.3 Å². The molecule has 0 aliphatic carbocycles. The van der Waals surface area contributed by atoms with E-state index >= 15 is 0 Å². The van der Waals surface area contributed by atoms with Gasteiger partial charge < -0.3 is 15.4 Å². The molecule has 1 aliphatic rings. The zero-order valence-corrected chi connectivity index (χ0v) is 16.3. The lowest BCUT2D eigenvalue weighted by atomic mass is 10.2. The van der Waals surface area contributed by atoms with E-state index in [0.29, 0.717) is 11.8 Å². The van der Waals surface area contributed by atoms with Gasteiger partial charge in [-0.15, -0.1) is 11.3 Å². The quantitative estimate of drug-likeness (QED) is 0.598. The predicted octanol–water partition coefficient (Wildman–Crippen LogP) is 3.38. The van der Waals surface area contributed by atoms with Gasteiger partial charge in [-0.05, 0) is 42.9 Å². The maximum atomic E-state index is 5.20. The molecule has 2 N–H and O–H groups in total. The second kappa shape index (κ2) is 9.10. The highest BCUT2D eigenvalue weighted by atomic mass is 32.2. The first-order valence-corrected chi connectivity index (χ1v) is 10.4. The van der Waals surface area contributed by atoms with Crippen molar-refractivity contribution in [2.75, 3.05) is 26.5 Å². The van der Waals surface area contributed by atoms with Crippen LogP contribution in [0.1, 0.15) is 18.5 Å². The van der Waals surface area contributed by atoms with Gasteiger partial charge in [-0.1, -0.05) is 0 Å². The normalized spacial score (nSPS) is 17.5. The van der Waals surface area contributed by atoms with Crippen molar-refractivity contribution in [2.24, 2.45) is 4.99 Å². The van der Waals surface area contributed by atoms with E-state index in [2.05, 4.69) is 21.0 Å². The molecule has 2 heterocycles. The van der Waals surface area contributed by atoms with Crippen molar-refractivity contribution < 1.29 is 4.74 Å². The number of aliphatic imine (C=N–C) groups is 1. The lowest BCUT2D eigenvalue weighted by Crippen LogP contribution is -2.39. The first-order chi connectivity index (χ1) is 12.3. The Balaban J connectivity index is 1.51. The van der Waals surface area contributed by atoms with Gasteiger partial charge in [-0.25, -0.2) is 4.98 Å². The molecule has 0 bridgehead atoms. The van der Waals surface area contributed by atoms with Crippen molar-refractivity contribution in [1.82, 2.24) is 15.6 Å². The number of nitrogens with zero attached hydrogens (tertiary/aromatic N) is 2. The molecule has 2 aromatic rings. The van der Waals surface area contributed by atoms with Crippen LogP contribution in [0.25, 0.3) is 10.6 Å². The van der Waals surface area contributed by atoms with Gasteiger partial charge >= 0.3 is 0 Å². The van der Waals surface area contributed by atoms with E-state index in [4.69, 9.17) is 9.72 Å². The standard InChI is InChI=1S/C18H24N4OS2/c1-19-18(21-11-16-4-3-9-24-16)20-10-14-12-25-17(22-14)13-5-7-15(23-2)8-6-13/h5-8,12,16H,3-4,9-11H2,1-2H3,(H2,19,20,21). The van der Waals surface area contributed by atoms with Gasteiger partial charge in [0.15, 0.2) is 5.96 Å². The second-order valence-electron chi connectivity index (χ2n) is 5.81. The molecule has 0 amide bonds. The number of rotatable bonds is 6. The van der Waals surface area contributed by atoms with Crippen LogP contribution in [0.3, 0.4) is 0 Å². The summed E-state index contributed by atoms with van der Waals surface area (Å²) in [4.78, 5) is 9.00. The first-order valence-electron chi connectivity index (χ1n) is 8.43. The van der Waals surface area contributed by atoms with Gasteiger partial charge in [0.1, 0.15) is 10.8 Å². The largest absolute Gasteiger partial charge is 0.497 e. The number of hydrogen-bond donors (Lipinski definition) is 2. The third kappa shape index (κ3) is 5.12. The molecule has 1 atom stereocenters. The molecule has 0 spiro atoms. The van der Waals surface area contributed by atoms with Gasteiger partial charge in [0.2, 0.25) is 0 Å². The highest BCUT2D eigenvalue weighted by Crippen LogP contribution is 2.26. The summed E-state index contributed by atoms with van der Waals surface area (Å²) in [6, 6.07) is 7.99. The molecule has 7 heteroatoms. The Bertz CT molecular complexity index is 693.